The zero-order chi connectivity index (χ0) is 21.3. The highest BCUT2D eigenvalue weighted by Gasteiger charge is 2.54. The summed E-state index contributed by atoms with van der Waals surface area (Å²) in [4.78, 5) is 36.7. The summed E-state index contributed by atoms with van der Waals surface area (Å²) in [5.41, 5.74) is 0.879. The number of benzene rings is 1. The van der Waals surface area contributed by atoms with Crippen LogP contribution in [-0.4, -0.2) is 31.4 Å². The molecule has 0 unspecified atom stereocenters. The third-order valence-electron chi connectivity index (χ3n) is 6.95. The van der Waals surface area contributed by atoms with Gasteiger partial charge in [0, 0.05) is 31.0 Å². The molecule has 3 amide bonds. The van der Waals surface area contributed by atoms with Gasteiger partial charge in [0.25, 0.3) is 0 Å². The fourth-order valence-corrected chi connectivity index (χ4v) is 6.16. The van der Waals surface area contributed by atoms with Crippen molar-refractivity contribution in [1.29, 1.82) is 0 Å². The Kier molecular flexibility index (Phi) is 5.71. The van der Waals surface area contributed by atoms with Gasteiger partial charge in [0.15, 0.2) is 0 Å². The Morgan fingerprint density at radius 2 is 1.67 bits per heavy atom. The molecule has 0 radical (unpaired) electrons. The second kappa shape index (κ2) is 8.28. The fourth-order valence-electron chi connectivity index (χ4n) is 6.16. The van der Waals surface area contributed by atoms with Crippen molar-refractivity contribution >= 4 is 29.1 Å². The minimum Gasteiger partial charge on any atom is -0.495 e. The topological polar surface area (TPSA) is 96.5 Å². The lowest BCUT2D eigenvalue weighted by Gasteiger charge is -2.55. The first-order valence-electron chi connectivity index (χ1n) is 10.9. The average Bonchev–Trinajstić information content (AvgIpc) is 2.66. The molecule has 3 N–H and O–H groups in total. The van der Waals surface area contributed by atoms with Crippen LogP contribution in [0.1, 0.15) is 51.9 Å². The second-order valence-electron chi connectivity index (χ2n) is 9.35. The van der Waals surface area contributed by atoms with Gasteiger partial charge in [0.2, 0.25) is 17.7 Å². The Balaban J connectivity index is 1.28. The second-order valence-corrected chi connectivity index (χ2v) is 9.35. The van der Waals surface area contributed by atoms with Gasteiger partial charge in [-0.05, 0) is 74.5 Å². The van der Waals surface area contributed by atoms with E-state index in [1.54, 1.807) is 18.2 Å². The monoisotopic (exact) mass is 413 g/mol. The number of hydrogen-bond acceptors (Lipinski definition) is 4. The molecule has 30 heavy (non-hydrogen) atoms. The van der Waals surface area contributed by atoms with Gasteiger partial charge < -0.3 is 20.7 Å². The Labute approximate surface area is 177 Å². The van der Waals surface area contributed by atoms with Gasteiger partial charge in [0.1, 0.15) is 5.75 Å². The maximum atomic E-state index is 13.0. The number of nitrogens with one attached hydrogen (secondary N) is 3. The van der Waals surface area contributed by atoms with Crippen LogP contribution < -0.4 is 20.7 Å². The van der Waals surface area contributed by atoms with Crippen LogP contribution in [0.15, 0.2) is 18.2 Å². The molecule has 5 rings (SSSR count). The van der Waals surface area contributed by atoms with Gasteiger partial charge in [-0.1, -0.05) is 0 Å². The van der Waals surface area contributed by atoms with E-state index >= 15 is 0 Å². The summed E-state index contributed by atoms with van der Waals surface area (Å²) in [5, 5.41) is 8.54. The van der Waals surface area contributed by atoms with Crippen molar-refractivity contribution in [3.05, 3.63) is 18.2 Å². The van der Waals surface area contributed by atoms with Crippen LogP contribution in [0.4, 0.5) is 11.4 Å². The predicted molar refractivity (Wildman–Crippen MR) is 114 cm³/mol. The Hall–Kier alpha value is -2.57. The molecule has 1 aromatic rings. The molecule has 4 bridgehead atoms. The van der Waals surface area contributed by atoms with Crippen molar-refractivity contribution < 1.29 is 19.1 Å². The molecule has 0 spiro atoms. The lowest BCUT2D eigenvalue weighted by atomic mass is 9.49. The summed E-state index contributed by atoms with van der Waals surface area (Å²) in [6.45, 7) is 1.75. The summed E-state index contributed by atoms with van der Waals surface area (Å²) in [5.74, 6) is 2.43. The number of rotatable bonds is 7. The Bertz CT molecular complexity index is 816. The summed E-state index contributed by atoms with van der Waals surface area (Å²) in [7, 11) is 1.52. The maximum Gasteiger partial charge on any atom is 0.226 e. The van der Waals surface area contributed by atoms with Crippen LogP contribution >= 0.6 is 0 Å². The highest BCUT2D eigenvalue weighted by Crippen LogP contribution is 2.60. The lowest BCUT2D eigenvalue weighted by Crippen LogP contribution is -2.53. The van der Waals surface area contributed by atoms with Gasteiger partial charge in [0.05, 0.1) is 12.8 Å². The summed E-state index contributed by atoms with van der Waals surface area (Å²) < 4.78 is 5.22. The summed E-state index contributed by atoms with van der Waals surface area (Å²) in [6.07, 6.45) is 7.18. The molecule has 1 aromatic carbocycles. The van der Waals surface area contributed by atoms with Gasteiger partial charge in [-0.3, -0.25) is 14.4 Å². The van der Waals surface area contributed by atoms with Gasteiger partial charge in [-0.15, -0.1) is 0 Å². The molecule has 4 fully saturated rings. The molecule has 0 aliphatic heterocycles. The van der Waals surface area contributed by atoms with Crippen molar-refractivity contribution in [3.8, 4) is 5.75 Å². The number of amides is 3. The van der Waals surface area contributed by atoms with Crippen LogP contribution in [0.25, 0.3) is 0 Å². The molecule has 0 saturated heterocycles. The fraction of sp³-hybridized carbons (Fsp3) is 0.609. The molecule has 0 heterocycles. The zero-order valence-electron chi connectivity index (χ0n) is 17.8. The number of ether oxygens (including phenoxy) is 1. The van der Waals surface area contributed by atoms with Crippen molar-refractivity contribution in [2.75, 3.05) is 24.3 Å². The van der Waals surface area contributed by atoms with Gasteiger partial charge >= 0.3 is 0 Å². The van der Waals surface area contributed by atoms with E-state index < -0.39 is 0 Å². The molecular formula is C23H31N3O4. The number of carbonyl (C=O) groups excluding carboxylic acids is 3. The van der Waals surface area contributed by atoms with E-state index in [0.29, 0.717) is 23.7 Å². The van der Waals surface area contributed by atoms with Crippen molar-refractivity contribution in [3.63, 3.8) is 0 Å². The summed E-state index contributed by atoms with van der Waals surface area (Å²) >= 11 is 0. The Morgan fingerprint density at radius 3 is 2.23 bits per heavy atom. The minimum atomic E-state index is -0.218. The first-order valence-corrected chi connectivity index (χ1v) is 10.9. The molecule has 0 atom stereocenters. The molecular weight excluding hydrogens is 382 g/mol. The van der Waals surface area contributed by atoms with Crippen molar-refractivity contribution in [2.24, 2.45) is 23.2 Å². The van der Waals surface area contributed by atoms with Gasteiger partial charge in [-0.2, -0.15) is 0 Å². The number of carbonyl (C=O) groups is 3. The third-order valence-corrected chi connectivity index (χ3v) is 6.95. The molecule has 7 nitrogen and oxygen atoms in total. The van der Waals surface area contributed by atoms with Gasteiger partial charge in [-0.25, -0.2) is 0 Å². The van der Waals surface area contributed by atoms with E-state index in [0.717, 1.165) is 37.0 Å². The van der Waals surface area contributed by atoms with E-state index in [4.69, 9.17) is 4.74 Å². The van der Waals surface area contributed by atoms with E-state index in [1.807, 2.05) is 0 Å². The van der Waals surface area contributed by atoms with Crippen LogP contribution in [0.2, 0.25) is 0 Å². The zero-order valence-corrected chi connectivity index (χ0v) is 17.8. The number of hydrogen-bond donors (Lipinski definition) is 3. The lowest BCUT2D eigenvalue weighted by molar-refractivity contribution is -0.146. The predicted octanol–water partition coefficient (Wildman–Crippen LogP) is 3.31. The minimum absolute atomic E-state index is 0.145. The number of anilines is 2. The molecule has 4 aliphatic rings. The first-order chi connectivity index (χ1) is 14.4. The largest absolute Gasteiger partial charge is 0.495 e. The van der Waals surface area contributed by atoms with Crippen molar-refractivity contribution in [2.45, 2.75) is 51.9 Å². The maximum absolute atomic E-state index is 13.0. The van der Waals surface area contributed by atoms with E-state index in [1.165, 1.54) is 33.3 Å². The van der Waals surface area contributed by atoms with Crippen LogP contribution in [0.5, 0.6) is 5.75 Å². The van der Waals surface area contributed by atoms with Crippen molar-refractivity contribution in [1.82, 2.24) is 5.32 Å². The highest BCUT2D eigenvalue weighted by atomic mass is 16.5. The first kappa shape index (κ1) is 20.7. The molecule has 4 aliphatic carbocycles. The van der Waals surface area contributed by atoms with Crippen LogP contribution in [0.3, 0.4) is 0 Å². The molecule has 4 saturated carbocycles. The van der Waals surface area contributed by atoms with E-state index in [2.05, 4.69) is 16.0 Å². The van der Waals surface area contributed by atoms with Crippen LogP contribution in [0, 0.1) is 23.2 Å². The standard InChI is InChI=1S/C23H31N3O4/c1-14(27)25-19-10-18(3-4-20(19)30-2)26-21(28)5-6-24-22(29)23-11-15-7-16(12-23)9-17(8-15)13-23/h3-4,10,15-17H,5-9,11-13H2,1-2H3,(H,24,29)(H,25,27)(H,26,28). The Morgan fingerprint density at radius 1 is 1.03 bits per heavy atom. The molecule has 162 valence electrons. The third kappa shape index (κ3) is 4.30. The van der Waals surface area contributed by atoms with E-state index in [9.17, 15) is 14.4 Å². The molecule has 0 aromatic heterocycles. The quantitative estimate of drug-likeness (QED) is 0.639. The highest BCUT2D eigenvalue weighted by molar-refractivity contribution is 5.95. The smallest absolute Gasteiger partial charge is 0.226 e. The normalized spacial score (nSPS) is 28.7. The average molecular weight is 414 g/mol. The van der Waals surface area contributed by atoms with Crippen LogP contribution in [-0.2, 0) is 14.4 Å². The number of methoxy groups -OCH3 is 1. The van der Waals surface area contributed by atoms with E-state index in [-0.39, 0.29) is 29.6 Å². The molecule has 7 heteroatoms. The summed E-state index contributed by atoms with van der Waals surface area (Å²) in [6, 6.07) is 5.07. The SMILES string of the molecule is COc1ccc(NC(=O)CCNC(=O)C23CC4CC(CC(C4)C2)C3)cc1NC(C)=O.